The minimum absolute atomic E-state index is 0.371. The van der Waals surface area contributed by atoms with Gasteiger partial charge in [-0.05, 0) is 29.8 Å². The van der Waals surface area contributed by atoms with Gasteiger partial charge in [0, 0.05) is 30.5 Å². The van der Waals surface area contributed by atoms with Crippen LogP contribution < -0.4 is 10.6 Å². The van der Waals surface area contributed by atoms with Gasteiger partial charge in [-0.15, -0.1) is 0 Å². The number of halogens is 1. The average molecular weight is 342 g/mol. The Hall–Kier alpha value is -2.86. The molecule has 2 N–H and O–H groups in total. The first-order chi connectivity index (χ1) is 11.6. The molecule has 7 heteroatoms. The number of nitrogens with zero attached hydrogens (tertiary/aromatic N) is 3. The summed E-state index contributed by atoms with van der Waals surface area (Å²) in [5.41, 5.74) is 1.56. The van der Waals surface area contributed by atoms with Crippen molar-refractivity contribution in [3.63, 3.8) is 0 Å². The van der Waals surface area contributed by atoms with E-state index < -0.39 is 6.04 Å². The van der Waals surface area contributed by atoms with Gasteiger partial charge >= 0.3 is 6.03 Å². The van der Waals surface area contributed by atoms with Gasteiger partial charge in [-0.3, -0.25) is 15.0 Å². The molecule has 3 aromatic rings. The predicted molar refractivity (Wildman–Crippen MR) is 92.9 cm³/mol. The fourth-order valence-electron chi connectivity index (χ4n) is 2.33. The van der Waals surface area contributed by atoms with Crippen molar-refractivity contribution in [1.29, 1.82) is 0 Å². The molecule has 0 fully saturated rings. The van der Waals surface area contributed by atoms with Crippen molar-refractivity contribution in [3.8, 4) is 0 Å². The highest BCUT2D eigenvalue weighted by atomic mass is 35.5. The van der Waals surface area contributed by atoms with Gasteiger partial charge in [0.25, 0.3) is 0 Å². The normalized spacial score (nSPS) is 11.8. The number of carbonyl (C=O) groups is 1. The molecule has 0 aliphatic carbocycles. The summed E-state index contributed by atoms with van der Waals surface area (Å²) in [4.78, 5) is 16.7. The molecular weight excluding hydrogens is 326 g/mol. The van der Waals surface area contributed by atoms with Crippen LogP contribution in [-0.2, 0) is 7.05 Å². The predicted octanol–water partition coefficient (Wildman–Crippen LogP) is 3.38. The molecule has 2 amide bonds. The number of carbonyl (C=O) groups excluding carboxylic acids is 1. The Balaban J connectivity index is 1.83. The minimum Gasteiger partial charge on any atom is -0.325 e. The minimum atomic E-state index is -0.423. The number of urea groups is 1. The van der Waals surface area contributed by atoms with Crippen molar-refractivity contribution in [2.45, 2.75) is 6.04 Å². The van der Waals surface area contributed by atoms with Crippen LogP contribution >= 0.6 is 11.6 Å². The molecule has 1 aromatic carbocycles. The molecule has 0 saturated heterocycles. The van der Waals surface area contributed by atoms with Crippen LogP contribution in [-0.4, -0.2) is 20.8 Å². The number of amides is 2. The van der Waals surface area contributed by atoms with Crippen molar-refractivity contribution in [3.05, 3.63) is 77.2 Å². The second-order valence-corrected chi connectivity index (χ2v) is 5.65. The number of hydrogen-bond donors (Lipinski definition) is 2. The third-order valence-corrected chi connectivity index (χ3v) is 3.63. The second-order valence-electron chi connectivity index (χ2n) is 5.22. The van der Waals surface area contributed by atoms with E-state index in [1.165, 1.54) is 0 Å². The Morgan fingerprint density at radius 1 is 1.21 bits per heavy atom. The first kappa shape index (κ1) is 16.0. The summed E-state index contributed by atoms with van der Waals surface area (Å²) in [5, 5.41) is 10.3. The van der Waals surface area contributed by atoms with Gasteiger partial charge < -0.3 is 5.32 Å². The number of pyridine rings is 1. The molecule has 2 aromatic heterocycles. The number of aromatic nitrogens is 3. The van der Waals surface area contributed by atoms with Gasteiger partial charge in [-0.25, -0.2) is 4.79 Å². The maximum absolute atomic E-state index is 12.3. The monoisotopic (exact) mass is 341 g/mol. The number of hydrogen-bond acceptors (Lipinski definition) is 3. The maximum atomic E-state index is 12.3. The highest BCUT2D eigenvalue weighted by Crippen LogP contribution is 2.23. The third-order valence-electron chi connectivity index (χ3n) is 3.40. The van der Waals surface area contributed by atoms with Crippen LogP contribution in [0.3, 0.4) is 0 Å². The topological polar surface area (TPSA) is 71.8 Å². The molecule has 0 aliphatic heterocycles. The zero-order chi connectivity index (χ0) is 16.9. The van der Waals surface area contributed by atoms with Crippen LogP contribution in [0.15, 0.2) is 60.9 Å². The summed E-state index contributed by atoms with van der Waals surface area (Å²) in [6.07, 6.45) is 3.44. The number of aryl methyl sites for hydroxylation is 1. The highest BCUT2D eigenvalue weighted by molar-refractivity contribution is 6.30. The van der Waals surface area contributed by atoms with Gasteiger partial charge in [-0.1, -0.05) is 29.8 Å². The van der Waals surface area contributed by atoms with Crippen LogP contribution in [0.2, 0.25) is 5.02 Å². The van der Waals surface area contributed by atoms with Gasteiger partial charge in [0.15, 0.2) is 5.82 Å². The van der Waals surface area contributed by atoms with Crippen molar-refractivity contribution < 1.29 is 4.79 Å². The molecule has 0 aliphatic rings. The van der Waals surface area contributed by atoms with Crippen LogP contribution in [0.4, 0.5) is 10.6 Å². The highest BCUT2D eigenvalue weighted by Gasteiger charge is 2.18. The second kappa shape index (κ2) is 7.14. The lowest BCUT2D eigenvalue weighted by Gasteiger charge is -2.19. The van der Waals surface area contributed by atoms with Gasteiger partial charge in [0.1, 0.15) is 0 Å². The van der Waals surface area contributed by atoms with Crippen LogP contribution in [0.25, 0.3) is 0 Å². The molecule has 0 spiro atoms. The van der Waals surface area contributed by atoms with E-state index in [1.54, 1.807) is 36.3 Å². The lowest BCUT2D eigenvalue weighted by Crippen LogP contribution is -2.33. The van der Waals surface area contributed by atoms with Crippen molar-refractivity contribution in [2.75, 3.05) is 5.32 Å². The fourth-order valence-corrected chi connectivity index (χ4v) is 2.52. The Morgan fingerprint density at radius 2 is 2.08 bits per heavy atom. The molecule has 122 valence electrons. The Labute approximate surface area is 144 Å². The lowest BCUT2D eigenvalue weighted by atomic mass is 10.0. The smallest absolute Gasteiger partial charge is 0.321 e. The standard InChI is InChI=1S/C17H16ClN5O/c1-23-10-8-15(22-23)20-17(24)21-16(14-7-2-3-9-19-14)12-5-4-6-13(18)11-12/h2-11,16H,1H3,(H2,20,21,22,24)/t16-/m1/s1. The largest absolute Gasteiger partial charge is 0.325 e. The van der Waals surface area contributed by atoms with E-state index in [2.05, 4.69) is 20.7 Å². The van der Waals surface area contributed by atoms with Crippen LogP contribution in [0, 0.1) is 0 Å². The SMILES string of the molecule is Cn1ccc(NC(=O)N[C@H](c2cccc(Cl)c2)c2ccccn2)n1. The van der Waals surface area contributed by atoms with E-state index in [4.69, 9.17) is 11.6 Å². The zero-order valence-corrected chi connectivity index (χ0v) is 13.7. The van der Waals surface area contributed by atoms with Crippen molar-refractivity contribution in [1.82, 2.24) is 20.1 Å². The quantitative estimate of drug-likeness (QED) is 0.764. The summed E-state index contributed by atoms with van der Waals surface area (Å²) in [6, 6.07) is 13.8. The van der Waals surface area contributed by atoms with Crippen LogP contribution in [0.5, 0.6) is 0 Å². The molecule has 1 atom stereocenters. The molecule has 2 heterocycles. The zero-order valence-electron chi connectivity index (χ0n) is 13.0. The molecule has 0 saturated carbocycles. The fraction of sp³-hybridized carbons (Fsp3) is 0.118. The number of rotatable bonds is 4. The van der Waals surface area contributed by atoms with Crippen LogP contribution in [0.1, 0.15) is 17.3 Å². The van der Waals surface area contributed by atoms with E-state index in [0.717, 1.165) is 11.3 Å². The Morgan fingerprint density at radius 3 is 2.75 bits per heavy atom. The summed E-state index contributed by atoms with van der Waals surface area (Å²) in [6.45, 7) is 0. The summed E-state index contributed by atoms with van der Waals surface area (Å²) >= 11 is 6.08. The first-order valence-corrected chi connectivity index (χ1v) is 7.73. The number of nitrogens with one attached hydrogen (secondary N) is 2. The van der Waals surface area contributed by atoms with E-state index in [-0.39, 0.29) is 6.03 Å². The molecule has 0 radical (unpaired) electrons. The first-order valence-electron chi connectivity index (χ1n) is 7.35. The van der Waals surface area contributed by atoms with Gasteiger partial charge in [0.2, 0.25) is 0 Å². The van der Waals surface area contributed by atoms with Gasteiger partial charge in [-0.2, -0.15) is 5.10 Å². The molecule has 24 heavy (non-hydrogen) atoms. The van der Waals surface area contributed by atoms with Crippen molar-refractivity contribution in [2.24, 2.45) is 7.05 Å². The van der Waals surface area contributed by atoms with Crippen molar-refractivity contribution >= 4 is 23.4 Å². The Bertz CT molecular complexity index is 834. The summed E-state index contributed by atoms with van der Waals surface area (Å²) in [7, 11) is 1.78. The van der Waals surface area contributed by atoms with E-state index in [1.807, 2.05) is 36.4 Å². The van der Waals surface area contributed by atoms with E-state index >= 15 is 0 Å². The summed E-state index contributed by atoms with van der Waals surface area (Å²) in [5.74, 6) is 0.473. The summed E-state index contributed by atoms with van der Waals surface area (Å²) < 4.78 is 1.61. The number of anilines is 1. The van der Waals surface area contributed by atoms with E-state index in [0.29, 0.717) is 10.8 Å². The molecule has 0 bridgehead atoms. The Kier molecular flexibility index (Phi) is 4.77. The third kappa shape index (κ3) is 3.91. The molecular formula is C17H16ClN5O. The lowest BCUT2D eigenvalue weighted by molar-refractivity contribution is 0.250. The van der Waals surface area contributed by atoms with Gasteiger partial charge in [0.05, 0.1) is 11.7 Å². The molecule has 6 nitrogen and oxygen atoms in total. The maximum Gasteiger partial charge on any atom is 0.321 e. The van der Waals surface area contributed by atoms with E-state index in [9.17, 15) is 4.79 Å². The number of benzene rings is 1. The molecule has 3 rings (SSSR count). The average Bonchev–Trinajstić information content (AvgIpc) is 2.98. The molecule has 0 unspecified atom stereocenters.